The van der Waals surface area contributed by atoms with Crippen molar-refractivity contribution in [2.75, 3.05) is 13.1 Å². The average Bonchev–Trinajstić information content (AvgIpc) is 2.60. The highest BCUT2D eigenvalue weighted by Crippen LogP contribution is 2.53. The number of benzene rings is 1. The molecule has 0 saturated heterocycles. The minimum absolute atomic E-state index is 0.00673. The van der Waals surface area contributed by atoms with Crippen LogP contribution in [0.25, 0.3) is 0 Å². The van der Waals surface area contributed by atoms with E-state index in [1.54, 1.807) is 0 Å². The second-order valence-corrected chi connectivity index (χ2v) is 7.33. The Hall–Kier alpha value is -1.39. The van der Waals surface area contributed by atoms with Crippen LogP contribution in [0.5, 0.6) is 0 Å². The smallest absolute Gasteiger partial charge is 0.251 e. The SMILES string of the molecule is NCCCCNC(=O)c1ccc(C23CCC(O)(CC2)CC3)cc1. The molecule has 1 amide bonds. The molecule has 3 aliphatic carbocycles. The van der Waals surface area contributed by atoms with Crippen LogP contribution in [-0.4, -0.2) is 29.7 Å². The summed E-state index contributed by atoms with van der Waals surface area (Å²) < 4.78 is 0. The van der Waals surface area contributed by atoms with Gasteiger partial charge in [-0.05, 0) is 81.0 Å². The molecular formula is C19H28N2O2. The molecule has 0 radical (unpaired) electrons. The number of nitrogens with one attached hydrogen (secondary N) is 1. The van der Waals surface area contributed by atoms with Crippen molar-refractivity contribution in [2.45, 2.75) is 62.4 Å². The number of hydrogen-bond acceptors (Lipinski definition) is 3. The predicted molar refractivity (Wildman–Crippen MR) is 91.4 cm³/mol. The summed E-state index contributed by atoms with van der Waals surface area (Å²) >= 11 is 0. The summed E-state index contributed by atoms with van der Waals surface area (Å²) in [6.07, 6.45) is 7.79. The summed E-state index contributed by atoms with van der Waals surface area (Å²) in [6, 6.07) is 8.12. The van der Waals surface area contributed by atoms with Gasteiger partial charge in [-0.15, -0.1) is 0 Å². The van der Waals surface area contributed by atoms with E-state index in [-0.39, 0.29) is 11.3 Å². The highest BCUT2D eigenvalue weighted by Gasteiger charge is 2.48. The van der Waals surface area contributed by atoms with E-state index in [0.29, 0.717) is 13.1 Å². The minimum atomic E-state index is -0.398. The first-order valence-electron chi connectivity index (χ1n) is 8.88. The number of amides is 1. The Labute approximate surface area is 138 Å². The van der Waals surface area contributed by atoms with Gasteiger partial charge in [-0.25, -0.2) is 0 Å². The quantitative estimate of drug-likeness (QED) is 0.706. The zero-order chi connectivity index (χ0) is 16.3. The van der Waals surface area contributed by atoms with Gasteiger partial charge in [-0.1, -0.05) is 12.1 Å². The molecule has 2 bridgehead atoms. The van der Waals surface area contributed by atoms with E-state index in [2.05, 4.69) is 17.4 Å². The zero-order valence-corrected chi connectivity index (χ0v) is 13.8. The van der Waals surface area contributed by atoms with Gasteiger partial charge in [0.1, 0.15) is 0 Å². The summed E-state index contributed by atoms with van der Waals surface area (Å²) in [5.41, 5.74) is 7.33. The molecule has 4 rings (SSSR count). The second kappa shape index (κ2) is 6.62. The monoisotopic (exact) mass is 316 g/mol. The van der Waals surface area contributed by atoms with Crippen molar-refractivity contribution in [2.24, 2.45) is 5.73 Å². The summed E-state index contributed by atoms with van der Waals surface area (Å²) in [5.74, 6) is -0.00673. The Morgan fingerprint density at radius 3 is 2.22 bits per heavy atom. The predicted octanol–water partition coefficient (Wildman–Crippen LogP) is 2.49. The lowest BCUT2D eigenvalue weighted by Crippen LogP contribution is -2.48. The minimum Gasteiger partial charge on any atom is -0.390 e. The van der Waals surface area contributed by atoms with Crippen LogP contribution >= 0.6 is 0 Å². The largest absolute Gasteiger partial charge is 0.390 e. The van der Waals surface area contributed by atoms with Crippen molar-refractivity contribution in [3.63, 3.8) is 0 Å². The van der Waals surface area contributed by atoms with Crippen LogP contribution in [0.15, 0.2) is 24.3 Å². The van der Waals surface area contributed by atoms with Crippen LogP contribution in [0.4, 0.5) is 0 Å². The molecule has 3 aliphatic rings. The van der Waals surface area contributed by atoms with Crippen LogP contribution in [0.3, 0.4) is 0 Å². The fourth-order valence-electron chi connectivity index (χ4n) is 4.15. The number of fused-ring (bicyclic) bond motifs is 3. The first-order chi connectivity index (χ1) is 11.1. The fraction of sp³-hybridized carbons (Fsp3) is 0.632. The van der Waals surface area contributed by atoms with Crippen molar-refractivity contribution in [1.29, 1.82) is 0 Å². The van der Waals surface area contributed by atoms with E-state index >= 15 is 0 Å². The number of hydrogen-bond donors (Lipinski definition) is 3. The van der Waals surface area contributed by atoms with Crippen LogP contribution in [0, 0.1) is 0 Å². The Bertz CT molecular complexity index is 528. The maximum absolute atomic E-state index is 12.1. The molecule has 3 fully saturated rings. The molecule has 1 aromatic rings. The van der Waals surface area contributed by atoms with Gasteiger partial charge in [0.2, 0.25) is 0 Å². The summed E-state index contributed by atoms with van der Waals surface area (Å²) in [7, 11) is 0. The number of carbonyl (C=O) groups excluding carboxylic acids is 1. The van der Waals surface area contributed by atoms with E-state index in [4.69, 9.17) is 5.73 Å². The lowest BCUT2D eigenvalue weighted by Gasteiger charge is -2.51. The van der Waals surface area contributed by atoms with Gasteiger partial charge >= 0.3 is 0 Å². The van der Waals surface area contributed by atoms with Gasteiger partial charge in [0.25, 0.3) is 5.91 Å². The summed E-state index contributed by atoms with van der Waals surface area (Å²) in [5, 5.41) is 13.3. The molecule has 4 nitrogen and oxygen atoms in total. The van der Waals surface area contributed by atoms with E-state index < -0.39 is 5.60 Å². The third kappa shape index (κ3) is 3.43. The van der Waals surface area contributed by atoms with Crippen molar-refractivity contribution >= 4 is 5.91 Å². The van der Waals surface area contributed by atoms with E-state index in [1.165, 1.54) is 5.56 Å². The van der Waals surface area contributed by atoms with Crippen molar-refractivity contribution in [3.8, 4) is 0 Å². The molecule has 0 unspecified atom stereocenters. The molecule has 0 heterocycles. The van der Waals surface area contributed by atoms with Gasteiger partial charge in [0, 0.05) is 12.1 Å². The topological polar surface area (TPSA) is 75.3 Å². The highest BCUT2D eigenvalue weighted by atomic mass is 16.3. The fourth-order valence-corrected chi connectivity index (χ4v) is 4.15. The highest BCUT2D eigenvalue weighted by molar-refractivity contribution is 5.94. The lowest BCUT2D eigenvalue weighted by molar-refractivity contribution is -0.0660. The molecular weight excluding hydrogens is 288 g/mol. The van der Waals surface area contributed by atoms with Crippen molar-refractivity contribution in [1.82, 2.24) is 5.32 Å². The standard InChI is InChI=1S/C19H28N2O2/c20-13-1-2-14-21-17(22)15-3-5-16(6-4-15)18-7-10-19(23,11-8-18)12-9-18/h3-6,23H,1-2,7-14,20H2,(H,21,22). The van der Waals surface area contributed by atoms with Gasteiger partial charge < -0.3 is 16.2 Å². The van der Waals surface area contributed by atoms with E-state index in [0.717, 1.165) is 56.9 Å². The Morgan fingerprint density at radius 1 is 1.04 bits per heavy atom. The van der Waals surface area contributed by atoms with E-state index in [9.17, 15) is 9.90 Å². The van der Waals surface area contributed by atoms with Gasteiger partial charge in [0.15, 0.2) is 0 Å². The maximum atomic E-state index is 12.1. The number of nitrogens with two attached hydrogens (primary N) is 1. The molecule has 4 N–H and O–H groups in total. The second-order valence-electron chi connectivity index (χ2n) is 7.33. The molecule has 3 saturated carbocycles. The zero-order valence-electron chi connectivity index (χ0n) is 13.8. The molecule has 126 valence electrons. The summed E-state index contributed by atoms with van der Waals surface area (Å²) in [6.45, 7) is 1.35. The molecule has 1 aromatic carbocycles. The van der Waals surface area contributed by atoms with Gasteiger partial charge in [-0.2, -0.15) is 0 Å². The van der Waals surface area contributed by atoms with Crippen LogP contribution < -0.4 is 11.1 Å². The number of aliphatic hydroxyl groups is 1. The normalized spacial score (nSPS) is 29.5. The first-order valence-corrected chi connectivity index (χ1v) is 8.88. The Kier molecular flexibility index (Phi) is 4.74. The Morgan fingerprint density at radius 2 is 1.65 bits per heavy atom. The van der Waals surface area contributed by atoms with Crippen LogP contribution in [0.1, 0.15) is 67.3 Å². The third-order valence-corrected chi connectivity index (χ3v) is 5.88. The molecule has 4 heteroatoms. The molecule has 0 atom stereocenters. The molecule has 0 aromatic heterocycles. The first kappa shape index (κ1) is 16.5. The number of carbonyl (C=O) groups is 1. The maximum Gasteiger partial charge on any atom is 0.251 e. The number of unbranched alkanes of at least 4 members (excludes halogenated alkanes) is 1. The van der Waals surface area contributed by atoms with Crippen LogP contribution in [-0.2, 0) is 5.41 Å². The molecule has 0 spiro atoms. The van der Waals surface area contributed by atoms with Gasteiger partial charge in [0.05, 0.1) is 5.60 Å². The third-order valence-electron chi connectivity index (χ3n) is 5.88. The average molecular weight is 316 g/mol. The van der Waals surface area contributed by atoms with Crippen LogP contribution in [0.2, 0.25) is 0 Å². The molecule has 0 aliphatic heterocycles. The lowest BCUT2D eigenvalue weighted by atomic mass is 9.56. The van der Waals surface area contributed by atoms with Crippen molar-refractivity contribution in [3.05, 3.63) is 35.4 Å². The molecule has 23 heavy (non-hydrogen) atoms. The van der Waals surface area contributed by atoms with Crippen molar-refractivity contribution < 1.29 is 9.90 Å². The Balaban J connectivity index is 1.62. The summed E-state index contributed by atoms with van der Waals surface area (Å²) in [4.78, 5) is 12.1. The van der Waals surface area contributed by atoms with Gasteiger partial charge in [-0.3, -0.25) is 4.79 Å². The number of rotatable bonds is 6. The van der Waals surface area contributed by atoms with E-state index in [1.807, 2.05) is 12.1 Å².